The van der Waals surface area contributed by atoms with Crippen LogP contribution in [0.25, 0.3) is 21.8 Å². The van der Waals surface area contributed by atoms with Crippen molar-refractivity contribution in [2.24, 2.45) is 0 Å². The Morgan fingerprint density at radius 1 is 0.949 bits per heavy atom. The number of anilines is 1. The molecule has 0 aliphatic carbocycles. The molecule has 0 aliphatic heterocycles. The smallest absolute Gasteiger partial charge is 0.328 e. The number of phenols is 1. The van der Waals surface area contributed by atoms with Crippen LogP contribution < -0.4 is 5.32 Å². The fourth-order valence-electron chi connectivity index (χ4n) is 3.03. The Hall–Kier alpha value is -4.95. The van der Waals surface area contributed by atoms with Gasteiger partial charge in [0.25, 0.3) is 0 Å². The van der Waals surface area contributed by atoms with Crippen molar-refractivity contribution >= 4 is 51.5 Å². The van der Waals surface area contributed by atoms with Crippen LogP contribution in [0.1, 0.15) is 12.0 Å². The number of aromatic nitrogens is 2. The molecule has 3 rings (SSSR count). The van der Waals surface area contributed by atoms with E-state index in [0.29, 0.717) is 24.3 Å². The minimum Gasteiger partial charge on any atom is -0.508 e. The number of pyridine rings is 1. The molecular weight excluding hydrogens is 516 g/mol. The lowest BCUT2D eigenvalue weighted by molar-refractivity contribution is -0.134. The van der Waals surface area contributed by atoms with Crippen LogP contribution in [0.3, 0.4) is 0 Å². The molecule has 9 N–H and O–H groups in total. The maximum absolute atomic E-state index is 9.78. The van der Waals surface area contributed by atoms with Gasteiger partial charge in [0.05, 0.1) is 10.9 Å². The summed E-state index contributed by atoms with van der Waals surface area (Å²) in [5, 5.41) is 46.5. The normalized spacial score (nSPS) is 10.5. The van der Waals surface area contributed by atoms with Crippen molar-refractivity contribution in [3.8, 4) is 5.75 Å². The summed E-state index contributed by atoms with van der Waals surface area (Å²) in [5.41, 5.74) is 3.19. The van der Waals surface area contributed by atoms with Crippen LogP contribution in [0, 0.1) is 6.92 Å². The lowest BCUT2D eigenvalue weighted by atomic mass is 10.1. The van der Waals surface area contributed by atoms with Crippen LogP contribution in [-0.2, 0) is 19.2 Å². The molecule has 0 saturated carbocycles. The summed E-state index contributed by atoms with van der Waals surface area (Å²) in [7, 11) is 4.15. The van der Waals surface area contributed by atoms with Crippen LogP contribution >= 0.6 is 0 Å². The molecule has 0 saturated heterocycles. The molecule has 39 heavy (non-hydrogen) atoms. The monoisotopic (exact) mass is 548 g/mol. The van der Waals surface area contributed by atoms with Crippen molar-refractivity contribution in [2.75, 3.05) is 32.5 Å². The summed E-state index contributed by atoms with van der Waals surface area (Å²) in [5.74, 6) is -3.88. The van der Waals surface area contributed by atoms with Gasteiger partial charge in [0.1, 0.15) is 11.6 Å². The Labute approximate surface area is 222 Å². The number of carboxylic acid groups (broad SMARTS) is 4. The van der Waals surface area contributed by atoms with Gasteiger partial charge in [-0.3, -0.25) is 0 Å². The van der Waals surface area contributed by atoms with Gasteiger partial charge in [-0.15, -0.1) is 0 Å². The van der Waals surface area contributed by atoms with Crippen molar-refractivity contribution in [3.63, 3.8) is 0 Å². The zero-order chi connectivity index (χ0) is 28.8. The van der Waals surface area contributed by atoms with Crippen molar-refractivity contribution in [2.45, 2.75) is 13.3 Å². The number of rotatable bonds is 9. The quantitative estimate of drug-likeness (QED) is 0.149. The summed E-state index contributed by atoms with van der Waals surface area (Å²) < 4.78 is 0. The lowest BCUT2D eigenvalue weighted by Crippen LogP contribution is -2.16. The molecule has 0 spiro atoms. The fourth-order valence-corrected chi connectivity index (χ4v) is 3.03. The van der Waals surface area contributed by atoms with E-state index in [1.807, 2.05) is 19.2 Å². The number of benzene rings is 1. The minimum absolute atomic E-state index is 0. The van der Waals surface area contributed by atoms with E-state index in [0.717, 1.165) is 52.7 Å². The third kappa shape index (κ3) is 12.7. The zero-order valence-corrected chi connectivity index (χ0v) is 21.5. The largest absolute Gasteiger partial charge is 0.508 e. The summed E-state index contributed by atoms with van der Waals surface area (Å²) in [6.45, 7) is 3.95. The fraction of sp³-hybridized carbons (Fsp3) is 0.240. The van der Waals surface area contributed by atoms with Crippen LogP contribution in [0.4, 0.5) is 5.82 Å². The first-order chi connectivity index (χ1) is 17.8. The number of carboxylic acids is 4. The van der Waals surface area contributed by atoms with Gasteiger partial charge < -0.3 is 46.2 Å². The van der Waals surface area contributed by atoms with E-state index in [1.54, 1.807) is 12.1 Å². The second-order valence-electron chi connectivity index (χ2n) is 8.00. The number of aromatic amines is 1. The van der Waals surface area contributed by atoms with Gasteiger partial charge in [-0.1, -0.05) is 0 Å². The number of aromatic hydroxyl groups is 1. The van der Waals surface area contributed by atoms with Gasteiger partial charge in [-0.2, -0.15) is 0 Å². The number of hydrogen-bond donors (Lipinski definition) is 7. The van der Waals surface area contributed by atoms with Crippen LogP contribution in [0.5, 0.6) is 5.75 Å². The van der Waals surface area contributed by atoms with Gasteiger partial charge in [-0.25, -0.2) is 24.2 Å². The Balaban J connectivity index is 0.000000708. The van der Waals surface area contributed by atoms with E-state index in [-0.39, 0.29) is 11.2 Å². The number of aryl methyl sites for hydroxylation is 1. The highest BCUT2D eigenvalue weighted by Crippen LogP contribution is 2.33. The number of aliphatic carboxylic acids is 4. The third-order valence-corrected chi connectivity index (χ3v) is 4.61. The maximum Gasteiger partial charge on any atom is 0.328 e. The van der Waals surface area contributed by atoms with E-state index in [2.05, 4.69) is 34.3 Å². The average molecular weight is 549 g/mol. The van der Waals surface area contributed by atoms with E-state index >= 15 is 0 Å². The molecule has 0 radical (unpaired) electrons. The van der Waals surface area contributed by atoms with Crippen molar-refractivity contribution in [1.29, 1.82) is 0 Å². The molecule has 14 heteroatoms. The third-order valence-electron chi connectivity index (χ3n) is 4.61. The summed E-state index contributed by atoms with van der Waals surface area (Å²) in [6, 6.07) is 5.39. The highest BCUT2D eigenvalue weighted by Gasteiger charge is 2.12. The molecule has 0 aliphatic rings. The molecule has 0 amide bonds. The molecule has 0 atom stereocenters. The first-order valence-electron chi connectivity index (χ1n) is 11.1. The second-order valence-corrected chi connectivity index (χ2v) is 8.00. The molecule has 2 heterocycles. The van der Waals surface area contributed by atoms with Gasteiger partial charge in [0, 0.05) is 47.9 Å². The van der Waals surface area contributed by atoms with Crippen LogP contribution in [0.15, 0.2) is 48.7 Å². The first-order valence-corrected chi connectivity index (χ1v) is 11.1. The topological polar surface area (TPSA) is 245 Å². The number of carbonyl (C=O) groups is 4. The summed E-state index contributed by atoms with van der Waals surface area (Å²) in [6.07, 6.45) is 5.17. The predicted octanol–water partition coefficient (Wildman–Crippen LogP) is 1.69. The molecule has 0 unspecified atom stereocenters. The molecule has 1 aromatic carbocycles. The van der Waals surface area contributed by atoms with Crippen molar-refractivity contribution in [1.82, 2.24) is 14.9 Å². The summed E-state index contributed by atoms with van der Waals surface area (Å²) >= 11 is 0. The van der Waals surface area contributed by atoms with E-state index in [9.17, 15) is 24.3 Å². The Bertz CT molecular complexity index is 1280. The molecular formula is C25H32N4O10. The number of nitrogens with zero attached hydrogens (tertiary/aromatic N) is 2. The Morgan fingerprint density at radius 3 is 1.92 bits per heavy atom. The average Bonchev–Trinajstić information content (AvgIpc) is 3.21. The minimum atomic E-state index is -1.26. The zero-order valence-electron chi connectivity index (χ0n) is 21.5. The number of H-pyrrole nitrogens is 1. The Kier molecular flexibility index (Phi) is 14.6. The number of phenolic OH excluding ortho intramolecular Hbond substituents is 1. The van der Waals surface area contributed by atoms with Crippen LogP contribution in [0.2, 0.25) is 0 Å². The highest BCUT2D eigenvalue weighted by atomic mass is 16.4. The molecule has 0 bridgehead atoms. The van der Waals surface area contributed by atoms with Crippen molar-refractivity contribution in [3.05, 3.63) is 54.3 Å². The number of hydrogen-bond acceptors (Lipinski definition) is 8. The second kappa shape index (κ2) is 16.7. The van der Waals surface area contributed by atoms with Crippen LogP contribution in [-0.4, -0.2) is 96.9 Å². The maximum atomic E-state index is 9.78. The highest BCUT2D eigenvalue weighted by molar-refractivity contribution is 6.13. The predicted molar refractivity (Wildman–Crippen MR) is 144 cm³/mol. The van der Waals surface area contributed by atoms with E-state index in [4.69, 9.17) is 20.4 Å². The molecule has 212 valence electrons. The SMILES string of the molecule is Cc1cnc(NCCCN(C)C)c2c1[nH]c1ccc(O)cc12.O.O=C(O)/C=C\C(=O)O.O=C(O)/C=C\C(=O)O. The number of nitrogens with one attached hydrogen (secondary N) is 2. The standard InChI is InChI=1S/C17H22N4O.2C4H4O4.H2O/c1-11-10-19-17(18-7-4-8-21(2)3)15-13-9-12(22)5-6-14(13)20-16(11)15;2*5-3(6)1-2-4(7)8;/h5-6,9-10,20,22H,4,7-8H2,1-3H3,(H,18,19);2*1-2H,(H,5,6)(H,7,8);1H2/b;2*2-1-;. The molecule has 14 nitrogen and oxygen atoms in total. The van der Waals surface area contributed by atoms with Gasteiger partial charge in [0.2, 0.25) is 0 Å². The van der Waals surface area contributed by atoms with Crippen molar-refractivity contribution < 1.29 is 50.2 Å². The lowest BCUT2D eigenvalue weighted by Gasteiger charge is -2.11. The van der Waals surface area contributed by atoms with Gasteiger partial charge >= 0.3 is 23.9 Å². The number of fused-ring (bicyclic) bond motifs is 3. The van der Waals surface area contributed by atoms with E-state index in [1.165, 1.54) is 0 Å². The molecule has 0 fully saturated rings. The summed E-state index contributed by atoms with van der Waals surface area (Å²) in [4.78, 5) is 48.4. The molecule has 3 aromatic rings. The van der Waals surface area contributed by atoms with Gasteiger partial charge in [-0.05, 0) is 57.7 Å². The molecule has 2 aromatic heterocycles. The van der Waals surface area contributed by atoms with E-state index < -0.39 is 23.9 Å². The first kappa shape index (κ1) is 34.0. The Morgan fingerprint density at radius 2 is 1.46 bits per heavy atom. The van der Waals surface area contributed by atoms with Gasteiger partial charge in [0.15, 0.2) is 0 Å².